The highest BCUT2D eigenvalue weighted by Crippen LogP contribution is 2.07. The van der Waals surface area contributed by atoms with Crippen molar-refractivity contribution >= 4 is 17.6 Å². The van der Waals surface area contributed by atoms with E-state index in [1.54, 1.807) is 31.2 Å². The molecule has 0 aromatic heterocycles. The zero-order valence-electron chi connectivity index (χ0n) is 12.8. The van der Waals surface area contributed by atoms with E-state index in [1.807, 2.05) is 6.07 Å². The molecule has 5 nitrogen and oxygen atoms in total. The van der Waals surface area contributed by atoms with Crippen molar-refractivity contribution in [3.8, 4) is 0 Å². The van der Waals surface area contributed by atoms with E-state index in [0.717, 1.165) is 0 Å². The van der Waals surface area contributed by atoms with Crippen LogP contribution in [-0.2, 0) is 0 Å². The van der Waals surface area contributed by atoms with Gasteiger partial charge < -0.3 is 11.1 Å². The molecule has 1 unspecified atom stereocenters. The predicted molar refractivity (Wildman–Crippen MR) is 87.3 cm³/mol. The van der Waals surface area contributed by atoms with Crippen molar-refractivity contribution in [2.75, 3.05) is 0 Å². The fourth-order valence-electron chi connectivity index (χ4n) is 2.16. The molecule has 0 fully saturated rings. The summed E-state index contributed by atoms with van der Waals surface area (Å²) < 4.78 is 0. The third kappa shape index (κ3) is 4.51. The molecular weight excluding hydrogens is 292 g/mol. The molecule has 0 heterocycles. The van der Waals surface area contributed by atoms with Crippen molar-refractivity contribution in [2.24, 2.45) is 5.73 Å². The zero-order valence-corrected chi connectivity index (χ0v) is 12.8. The number of ketones is 1. The lowest BCUT2D eigenvalue weighted by molar-refractivity contribution is 0.0915. The molecule has 2 aromatic carbocycles. The largest absolute Gasteiger partial charge is 0.366 e. The van der Waals surface area contributed by atoms with Crippen molar-refractivity contribution in [3.63, 3.8) is 0 Å². The Labute approximate surface area is 134 Å². The molecule has 0 saturated carbocycles. The van der Waals surface area contributed by atoms with Gasteiger partial charge in [0, 0.05) is 29.2 Å². The molecule has 2 rings (SSSR count). The summed E-state index contributed by atoms with van der Waals surface area (Å²) >= 11 is 0. The van der Waals surface area contributed by atoms with Crippen molar-refractivity contribution in [1.29, 1.82) is 0 Å². The lowest BCUT2D eigenvalue weighted by Gasteiger charge is -2.13. The summed E-state index contributed by atoms with van der Waals surface area (Å²) in [6.07, 6.45) is 0.217. The minimum absolute atomic E-state index is 0.0255. The fourth-order valence-corrected chi connectivity index (χ4v) is 2.16. The Morgan fingerprint density at radius 3 is 2.04 bits per heavy atom. The topological polar surface area (TPSA) is 89.3 Å². The van der Waals surface area contributed by atoms with E-state index in [0.29, 0.717) is 16.7 Å². The van der Waals surface area contributed by atoms with Crippen molar-refractivity contribution in [2.45, 2.75) is 19.4 Å². The number of rotatable bonds is 6. The number of nitrogens with two attached hydrogens (primary N) is 1. The normalized spacial score (nSPS) is 11.5. The van der Waals surface area contributed by atoms with E-state index in [4.69, 9.17) is 5.73 Å². The number of hydrogen-bond acceptors (Lipinski definition) is 3. The van der Waals surface area contributed by atoms with Gasteiger partial charge in [-0.3, -0.25) is 14.4 Å². The molecule has 0 saturated heterocycles. The van der Waals surface area contributed by atoms with Gasteiger partial charge in [-0.1, -0.05) is 30.3 Å². The Morgan fingerprint density at radius 1 is 0.913 bits per heavy atom. The van der Waals surface area contributed by atoms with Crippen LogP contribution in [0.25, 0.3) is 0 Å². The molecule has 0 spiro atoms. The lowest BCUT2D eigenvalue weighted by Crippen LogP contribution is -2.34. The summed E-state index contributed by atoms with van der Waals surface area (Å²) in [4.78, 5) is 35.2. The SMILES string of the molecule is CC(CC(=O)c1ccccc1)NC(=O)c1ccc(C(N)=O)cc1. The fraction of sp³-hybridized carbons (Fsp3) is 0.167. The van der Waals surface area contributed by atoms with Crippen LogP contribution in [0.3, 0.4) is 0 Å². The Kier molecular flexibility index (Phi) is 5.25. The molecule has 0 bridgehead atoms. The number of amides is 2. The van der Waals surface area contributed by atoms with Gasteiger partial charge in [0.1, 0.15) is 0 Å². The molecule has 0 aliphatic heterocycles. The van der Waals surface area contributed by atoms with Crippen LogP contribution in [0.15, 0.2) is 54.6 Å². The molecule has 0 aliphatic carbocycles. The van der Waals surface area contributed by atoms with Crippen LogP contribution < -0.4 is 11.1 Å². The van der Waals surface area contributed by atoms with E-state index in [-0.39, 0.29) is 24.2 Å². The van der Waals surface area contributed by atoms with Gasteiger partial charge in [0.05, 0.1) is 0 Å². The van der Waals surface area contributed by atoms with Gasteiger partial charge in [0.2, 0.25) is 5.91 Å². The number of carbonyl (C=O) groups is 3. The zero-order chi connectivity index (χ0) is 16.8. The molecule has 3 N–H and O–H groups in total. The Hall–Kier alpha value is -2.95. The first-order valence-electron chi connectivity index (χ1n) is 7.26. The van der Waals surface area contributed by atoms with Crippen molar-refractivity contribution in [3.05, 3.63) is 71.3 Å². The summed E-state index contributed by atoms with van der Waals surface area (Å²) in [5, 5.41) is 2.77. The Morgan fingerprint density at radius 2 is 1.48 bits per heavy atom. The van der Waals surface area contributed by atoms with Crippen LogP contribution in [0.4, 0.5) is 0 Å². The molecule has 1 atom stereocenters. The molecule has 118 valence electrons. The van der Waals surface area contributed by atoms with Crippen LogP contribution in [0, 0.1) is 0 Å². The summed E-state index contributed by atoms with van der Waals surface area (Å²) in [5.74, 6) is -0.865. The summed E-state index contributed by atoms with van der Waals surface area (Å²) in [7, 11) is 0. The smallest absolute Gasteiger partial charge is 0.251 e. The van der Waals surface area contributed by atoms with Gasteiger partial charge in [-0.2, -0.15) is 0 Å². The van der Waals surface area contributed by atoms with E-state index in [1.165, 1.54) is 24.3 Å². The highest BCUT2D eigenvalue weighted by atomic mass is 16.2. The first-order valence-corrected chi connectivity index (χ1v) is 7.26. The molecule has 2 amide bonds. The number of Topliss-reactive ketones (excluding diaryl/α,β-unsaturated/α-hetero) is 1. The Balaban J connectivity index is 1.94. The number of primary amides is 1. The third-order valence-corrected chi connectivity index (χ3v) is 3.40. The third-order valence-electron chi connectivity index (χ3n) is 3.40. The maximum absolute atomic E-state index is 12.1. The summed E-state index contributed by atoms with van der Waals surface area (Å²) in [6.45, 7) is 1.77. The van der Waals surface area contributed by atoms with Gasteiger partial charge >= 0.3 is 0 Å². The highest BCUT2D eigenvalue weighted by Gasteiger charge is 2.14. The van der Waals surface area contributed by atoms with Crippen molar-refractivity contribution < 1.29 is 14.4 Å². The minimum atomic E-state index is -0.543. The number of benzene rings is 2. The van der Waals surface area contributed by atoms with Crippen molar-refractivity contribution in [1.82, 2.24) is 5.32 Å². The van der Waals surface area contributed by atoms with Gasteiger partial charge in [-0.25, -0.2) is 0 Å². The summed E-state index contributed by atoms with van der Waals surface area (Å²) in [6, 6.07) is 14.7. The van der Waals surface area contributed by atoms with Gasteiger partial charge in [-0.15, -0.1) is 0 Å². The second kappa shape index (κ2) is 7.35. The minimum Gasteiger partial charge on any atom is -0.366 e. The molecule has 2 aromatic rings. The van der Waals surface area contributed by atoms with Crippen LogP contribution in [0.2, 0.25) is 0 Å². The van der Waals surface area contributed by atoms with E-state index < -0.39 is 5.91 Å². The van der Waals surface area contributed by atoms with Gasteiger partial charge in [0.25, 0.3) is 5.91 Å². The molecule has 0 radical (unpaired) electrons. The number of hydrogen-bond donors (Lipinski definition) is 2. The standard InChI is InChI=1S/C18H18N2O3/c1-12(11-16(21)13-5-3-2-4-6-13)20-18(23)15-9-7-14(8-10-15)17(19)22/h2-10,12H,11H2,1H3,(H2,19,22)(H,20,23). The number of nitrogens with one attached hydrogen (secondary N) is 1. The summed E-state index contributed by atoms with van der Waals surface area (Å²) in [5.41, 5.74) is 6.53. The quantitative estimate of drug-likeness (QED) is 0.801. The van der Waals surface area contributed by atoms with Crippen LogP contribution >= 0.6 is 0 Å². The predicted octanol–water partition coefficient (Wildman–Crippen LogP) is 2.18. The average Bonchev–Trinajstić information content (AvgIpc) is 2.55. The average molecular weight is 310 g/mol. The van der Waals surface area contributed by atoms with Crippen LogP contribution in [0.5, 0.6) is 0 Å². The Bertz CT molecular complexity index is 709. The van der Waals surface area contributed by atoms with Crippen LogP contribution in [-0.4, -0.2) is 23.6 Å². The molecular formula is C18H18N2O3. The van der Waals surface area contributed by atoms with Gasteiger partial charge in [-0.05, 0) is 31.2 Å². The second-order valence-electron chi connectivity index (χ2n) is 5.31. The lowest BCUT2D eigenvalue weighted by atomic mass is 10.0. The monoisotopic (exact) mass is 310 g/mol. The highest BCUT2D eigenvalue weighted by molar-refractivity contribution is 5.99. The first kappa shape index (κ1) is 16.4. The maximum Gasteiger partial charge on any atom is 0.251 e. The van der Waals surface area contributed by atoms with Gasteiger partial charge in [0.15, 0.2) is 5.78 Å². The van der Waals surface area contributed by atoms with Crippen LogP contribution in [0.1, 0.15) is 44.4 Å². The first-order chi connectivity index (χ1) is 11.0. The van der Waals surface area contributed by atoms with E-state index >= 15 is 0 Å². The second-order valence-corrected chi connectivity index (χ2v) is 5.31. The molecule has 0 aliphatic rings. The molecule has 5 heteroatoms. The van der Waals surface area contributed by atoms with E-state index in [2.05, 4.69) is 5.32 Å². The van der Waals surface area contributed by atoms with E-state index in [9.17, 15) is 14.4 Å². The molecule has 23 heavy (non-hydrogen) atoms. The maximum atomic E-state index is 12.1. The number of carbonyl (C=O) groups excluding carboxylic acids is 3.